The zero-order chi connectivity index (χ0) is 15.1. The Balaban J connectivity index is 1.56. The monoisotopic (exact) mass is 303 g/mol. The molecule has 1 aromatic heterocycles. The first-order valence-corrected chi connectivity index (χ1v) is 7.30. The van der Waals surface area contributed by atoms with Gasteiger partial charge in [-0.25, -0.2) is 4.68 Å². The van der Waals surface area contributed by atoms with Gasteiger partial charge < -0.3 is 19.7 Å². The third-order valence-electron chi connectivity index (χ3n) is 4.29. The SMILES string of the molecule is O[C@@H]1[C@@H]2[C@H](O[C@@H]1O)[C@H](OCc1ccccc1)Cc1cnnn12. The molecule has 7 nitrogen and oxygen atoms in total. The minimum absolute atomic E-state index is 0.261. The molecule has 116 valence electrons. The van der Waals surface area contributed by atoms with E-state index in [-0.39, 0.29) is 6.10 Å². The molecule has 0 unspecified atom stereocenters. The van der Waals surface area contributed by atoms with E-state index in [1.165, 1.54) is 0 Å². The van der Waals surface area contributed by atoms with Crippen LogP contribution in [0.1, 0.15) is 17.3 Å². The van der Waals surface area contributed by atoms with Crippen molar-refractivity contribution < 1.29 is 19.7 Å². The topological polar surface area (TPSA) is 89.6 Å². The van der Waals surface area contributed by atoms with Crippen LogP contribution in [0.3, 0.4) is 0 Å². The van der Waals surface area contributed by atoms with Gasteiger partial charge in [-0.05, 0) is 5.56 Å². The zero-order valence-corrected chi connectivity index (χ0v) is 11.8. The highest BCUT2D eigenvalue weighted by atomic mass is 16.6. The molecule has 22 heavy (non-hydrogen) atoms. The number of rotatable bonds is 3. The van der Waals surface area contributed by atoms with E-state index >= 15 is 0 Å². The summed E-state index contributed by atoms with van der Waals surface area (Å²) in [5.74, 6) is 0. The number of hydrogen-bond acceptors (Lipinski definition) is 6. The normalized spacial score (nSPS) is 33.5. The smallest absolute Gasteiger partial charge is 0.183 e. The summed E-state index contributed by atoms with van der Waals surface area (Å²) in [7, 11) is 0. The lowest BCUT2D eigenvalue weighted by Crippen LogP contribution is -2.44. The largest absolute Gasteiger partial charge is 0.385 e. The molecule has 0 radical (unpaired) electrons. The van der Waals surface area contributed by atoms with Gasteiger partial charge in [-0.15, -0.1) is 5.10 Å². The third kappa shape index (κ3) is 2.22. The van der Waals surface area contributed by atoms with Crippen LogP contribution in [0, 0.1) is 0 Å². The number of ether oxygens (including phenoxy) is 2. The van der Waals surface area contributed by atoms with Crippen molar-refractivity contribution in [3.63, 3.8) is 0 Å². The molecule has 1 saturated heterocycles. The second-order valence-corrected chi connectivity index (χ2v) is 5.68. The average Bonchev–Trinajstić information content (AvgIpc) is 3.11. The van der Waals surface area contributed by atoms with Gasteiger partial charge in [0.2, 0.25) is 0 Å². The standard InChI is InChI=1S/C15H17N3O4/c19-13-12-14(22-15(13)20)11(6-10-7-16-17-18(10)12)21-8-9-4-2-1-3-5-9/h1-5,7,11-15,19-20H,6,8H2/t11-,12-,13-,14-,15+/m1/s1. The molecule has 4 rings (SSSR count). The lowest BCUT2D eigenvalue weighted by Gasteiger charge is -2.33. The van der Waals surface area contributed by atoms with Crippen LogP contribution in [-0.2, 0) is 22.5 Å². The molecule has 0 amide bonds. The molecule has 0 spiro atoms. The van der Waals surface area contributed by atoms with Crippen molar-refractivity contribution in [2.24, 2.45) is 0 Å². The first-order valence-electron chi connectivity index (χ1n) is 7.30. The Bertz CT molecular complexity index is 647. The van der Waals surface area contributed by atoms with Gasteiger partial charge in [0.15, 0.2) is 6.29 Å². The Labute approximate surface area is 127 Å². The molecular formula is C15H17N3O4. The second kappa shape index (κ2) is 5.44. The summed E-state index contributed by atoms with van der Waals surface area (Å²) in [4.78, 5) is 0. The molecule has 0 saturated carbocycles. The second-order valence-electron chi connectivity index (χ2n) is 5.68. The summed E-state index contributed by atoms with van der Waals surface area (Å²) >= 11 is 0. The van der Waals surface area contributed by atoms with Gasteiger partial charge in [-0.3, -0.25) is 0 Å². The number of benzene rings is 1. The lowest BCUT2D eigenvalue weighted by molar-refractivity contribution is -0.156. The highest BCUT2D eigenvalue weighted by Gasteiger charge is 2.51. The quantitative estimate of drug-likeness (QED) is 0.832. The highest BCUT2D eigenvalue weighted by molar-refractivity contribution is 5.14. The lowest BCUT2D eigenvalue weighted by atomic mass is 9.95. The van der Waals surface area contributed by atoms with E-state index < -0.39 is 24.5 Å². The maximum absolute atomic E-state index is 10.1. The Morgan fingerprint density at radius 3 is 2.91 bits per heavy atom. The van der Waals surface area contributed by atoms with Crippen LogP contribution in [0.2, 0.25) is 0 Å². The maximum Gasteiger partial charge on any atom is 0.183 e. The van der Waals surface area contributed by atoms with Crippen molar-refractivity contribution in [3.05, 3.63) is 47.8 Å². The van der Waals surface area contributed by atoms with Gasteiger partial charge >= 0.3 is 0 Å². The number of aliphatic hydroxyl groups excluding tert-OH is 2. The number of aliphatic hydroxyl groups is 2. The fourth-order valence-electron chi connectivity index (χ4n) is 3.19. The Hall–Kier alpha value is -1.80. The Morgan fingerprint density at radius 1 is 1.27 bits per heavy atom. The van der Waals surface area contributed by atoms with Crippen LogP contribution in [0.15, 0.2) is 36.5 Å². The van der Waals surface area contributed by atoms with E-state index in [9.17, 15) is 10.2 Å². The molecular weight excluding hydrogens is 286 g/mol. The predicted octanol–water partition coefficient (Wildman–Crippen LogP) is 0.0388. The van der Waals surface area contributed by atoms with E-state index in [2.05, 4.69) is 10.3 Å². The van der Waals surface area contributed by atoms with Crippen molar-refractivity contribution in [3.8, 4) is 0 Å². The first kappa shape index (κ1) is 13.8. The minimum atomic E-state index is -1.23. The molecule has 2 aliphatic heterocycles. The zero-order valence-electron chi connectivity index (χ0n) is 11.8. The van der Waals surface area contributed by atoms with E-state index in [1.807, 2.05) is 30.3 Å². The van der Waals surface area contributed by atoms with E-state index in [0.717, 1.165) is 11.3 Å². The molecule has 5 atom stereocenters. The first-order chi connectivity index (χ1) is 10.7. The molecule has 1 fully saturated rings. The molecule has 2 aliphatic rings. The van der Waals surface area contributed by atoms with Gasteiger partial charge in [0, 0.05) is 6.42 Å². The van der Waals surface area contributed by atoms with Crippen molar-refractivity contribution in [2.75, 3.05) is 0 Å². The van der Waals surface area contributed by atoms with Gasteiger partial charge in [0.05, 0.1) is 24.6 Å². The summed E-state index contributed by atoms with van der Waals surface area (Å²) in [5.41, 5.74) is 1.94. The molecule has 2 aromatic rings. The van der Waals surface area contributed by atoms with Crippen LogP contribution in [0.4, 0.5) is 0 Å². The molecule has 1 aromatic carbocycles. The van der Waals surface area contributed by atoms with Crippen LogP contribution in [0.25, 0.3) is 0 Å². The van der Waals surface area contributed by atoms with Crippen LogP contribution in [-0.4, -0.2) is 49.8 Å². The summed E-state index contributed by atoms with van der Waals surface area (Å²) in [6, 6.07) is 9.39. The number of hydrogen-bond donors (Lipinski definition) is 2. The highest BCUT2D eigenvalue weighted by Crippen LogP contribution is 2.38. The van der Waals surface area contributed by atoms with Crippen LogP contribution >= 0.6 is 0 Å². The fraction of sp³-hybridized carbons (Fsp3) is 0.467. The molecule has 0 aliphatic carbocycles. The number of aromatic nitrogens is 3. The molecule has 0 bridgehead atoms. The third-order valence-corrected chi connectivity index (χ3v) is 4.29. The van der Waals surface area contributed by atoms with E-state index in [0.29, 0.717) is 13.0 Å². The Kier molecular flexibility index (Phi) is 3.42. The summed E-state index contributed by atoms with van der Waals surface area (Å²) in [5, 5.41) is 27.8. The van der Waals surface area contributed by atoms with E-state index in [1.54, 1.807) is 10.9 Å². The minimum Gasteiger partial charge on any atom is -0.385 e. The van der Waals surface area contributed by atoms with Crippen molar-refractivity contribution >= 4 is 0 Å². The summed E-state index contributed by atoms with van der Waals surface area (Å²) < 4.78 is 13.1. The number of nitrogens with zero attached hydrogens (tertiary/aromatic N) is 3. The molecule has 7 heteroatoms. The molecule has 2 N–H and O–H groups in total. The van der Waals surface area contributed by atoms with Crippen molar-refractivity contribution in [1.29, 1.82) is 0 Å². The van der Waals surface area contributed by atoms with E-state index in [4.69, 9.17) is 9.47 Å². The average molecular weight is 303 g/mol. The predicted molar refractivity (Wildman–Crippen MR) is 74.7 cm³/mol. The Morgan fingerprint density at radius 2 is 2.09 bits per heavy atom. The van der Waals surface area contributed by atoms with Crippen LogP contribution in [0.5, 0.6) is 0 Å². The summed E-state index contributed by atoms with van der Waals surface area (Å²) in [6.07, 6.45) is -0.722. The van der Waals surface area contributed by atoms with Crippen molar-refractivity contribution in [1.82, 2.24) is 15.0 Å². The van der Waals surface area contributed by atoms with Crippen molar-refractivity contribution in [2.45, 2.75) is 43.7 Å². The maximum atomic E-state index is 10.1. The van der Waals surface area contributed by atoms with Crippen LogP contribution < -0.4 is 0 Å². The van der Waals surface area contributed by atoms with Gasteiger partial charge in [0.1, 0.15) is 18.2 Å². The number of fused-ring (bicyclic) bond motifs is 3. The van der Waals surface area contributed by atoms with Gasteiger partial charge in [0.25, 0.3) is 0 Å². The summed E-state index contributed by atoms with van der Waals surface area (Å²) in [6.45, 7) is 0.450. The van der Waals surface area contributed by atoms with Gasteiger partial charge in [-0.1, -0.05) is 35.5 Å². The molecule has 3 heterocycles. The fourth-order valence-corrected chi connectivity index (χ4v) is 3.19. The van der Waals surface area contributed by atoms with Gasteiger partial charge in [-0.2, -0.15) is 0 Å².